The van der Waals surface area contributed by atoms with E-state index in [0.717, 1.165) is 12.8 Å². The van der Waals surface area contributed by atoms with Crippen molar-refractivity contribution in [3.05, 3.63) is 0 Å². The largest absolute Gasteiger partial charge is 0.316 e. The van der Waals surface area contributed by atoms with Gasteiger partial charge in [0.2, 0.25) is 0 Å². The molecule has 1 N–H and O–H groups in total. The van der Waals surface area contributed by atoms with Crippen LogP contribution < -0.4 is 5.32 Å². The first-order valence-corrected chi connectivity index (χ1v) is 7.17. The SMILES string of the molecule is CNC1CCCN(S(=O)(=O)N(C)CCC#N)C1.Cl. The Labute approximate surface area is 116 Å². The summed E-state index contributed by atoms with van der Waals surface area (Å²) in [4.78, 5) is 0. The molecule has 6 nitrogen and oxygen atoms in total. The van der Waals surface area contributed by atoms with Crippen LogP contribution in [-0.4, -0.2) is 56.8 Å². The van der Waals surface area contributed by atoms with E-state index < -0.39 is 10.2 Å². The molecule has 0 aromatic carbocycles. The van der Waals surface area contributed by atoms with Gasteiger partial charge in [-0.3, -0.25) is 0 Å². The van der Waals surface area contributed by atoms with Gasteiger partial charge in [0.25, 0.3) is 10.2 Å². The first-order valence-electron chi connectivity index (χ1n) is 5.78. The number of nitriles is 1. The van der Waals surface area contributed by atoms with Gasteiger partial charge < -0.3 is 5.32 Å². The maximum Gasteiger partial charge on any atom is 0.281 e. The second-order valence-electron chi connectivity index (χ2n) is 4.22. The minimum absolute atomic E-state index is 0. The summed E-state index contributed by atoms with van der Waals surface area (Å²) in [5.74, 6) is 0. The van der Waals surface area contributed by atoms with Crippen LogP contribution in [-0.2, 0) is 10.2 Å². The van der Waals surface area contributed by atoms with Crippen LogP contribution in [0.3, 0.4) is 0 Å². The van der Waals surface area contributed by atoms with E-state index in [-0.39, 0.29) is 31.4 Å². The fourth-order valence-corrected chi connectivity index (χ4v) is 3.35. The highest BCUT2D eigenvalue weighted by Crippen LogP contribution is 2.16. The molecule has 0 saturated carbocycles. The number of hydrogen-bond acceptors (Lipinski definition) is 4. The summed E-state index contributed by atoms with van der Waals surface area (Å²) in [6.45, 7) is 1.33. The molecule has 1 aliphatic rings. The van der Waals surface area contributed by atoms with Crippen molar-refractivity contribution in [2.75, 3.05) is 33.7 Å². The lowest BCUT2D eigenvalue weighted by atomic mass is 10.1. The van der Waals surface area contributed by atoms with Gasteiger partial charge in [0, 0.05) is 39.1 Å². The molecule has 106 valence electrons. The predicted octanol–water partition coefficient (Wildman–Crippen LogP) is 0.182. The van der Waals surface area contributed by atoms with E-state index in [1.54, 1.807) is 0 Å². The van der Waals surface area contributed by atoms with Gasteiger partial charge in [0.1, 0.15) is 0 Å². The average Bonchev–Trinajstić information content (AvgIpc) is 2.35. The Hall–Kier alpha value is -0.390. The Morgan fingerprint density at radius 1 is 1.56 bits per heavy atom. The summed E-state index contributed by atoms with van der Waals surface area (Å²) in [5.41, 5.74) is 0. The highest BCUT2D eigenvalue weighted by Gasteiger charge is 2.30. The lowest BCUT2D eigenvalue weighted by Crippen LogP contribution is -2.51. The van der Waals surface area contributed by atoms with Gasteiger partial charge in [-0.25, -0.2) is 0 Å². The van der Waals surface area contributed by atoms with Gasteiger partial charge in [0.15, 0.2) is 0 Å². The number of nitrogens with one attached hydrogen (secondary N) is 1. The molecule has 1 saturated heterocycles. The molecular weight excluding hydrogens is 276 g/mol. The first kappa shape index (κ1) is 17.6. The quantitative estimate of drug-likeness (QED) is 0.785. The fraction of sp³-hybridized carbons (Fsp3) is 0.900. The van der Waals surface area contributed by atoms with Crippen molar-refractivity contribution >= 4 is 22.6 Å². The molecule has 0 aromatic heterocycles. The molecule has 1 fully saturated rings. The van der Waals surface area contributed by atoms with Gasteiger partial charge in [-0.1, -0.05) is 0 Å². The van der Waals surface area contributed by atoms with Crippen LogP contribution in [0.4, 0.5) is 0 Å². The summed E-state index contributed by atoms with van der Waals surface area (Å²) < 4.78 is 27.1. The van der Waals surface area contributed by atoms with E-state index in [1.807, 2.05) is 13.1 Å². The van der Waals surface area contributed by atoms with E-state index in [0.29, 0.717) is 13.1 Å². The Morgan fingerprint density at radius 2 is 2.22 bits per heavy atom. The monoisotopic (exact) mass is 296 g/mol. The van der Waals surface area contributed by atoms with Crippen LogP contribution in [0.1, 0.15) is 19.3 Å². The standard InChI is InChI=1S/C10H20N4O2S.ClH/c1-12-10-5-3-8-14(9-10)17(15,16)13(2)7-4-6-11;/h10,12H,3-5,7-9H2,1-2H3;1H. The number of hydrogen-bond donors (Lipinski definition) is 1. The molecule has 1 unspecified atom stereocenters. The average molecular weight is 297 g/mol. The summed E-state index contributed by atoms with van der Waals surface area (Å²) in [5, 5.41) is 11.6. The molecule has 0 aromatic rings. The normalized spacial score (nSPS) is 21.3. The molecule has 1 heterocycles. The van der Waals surface area contributed by atoms with Crippen molar-refractivity contribution in [1.29, 1.82) is 5.26 Å². The summed E-state index contributed by atoms with van der Waals surface area (Å²) in [6.07, 6.45) is 2.10. The second-order valence-corrected chi connectivity index (χ2v) is 6.26. The lowest BCUT2D eigenvalue weighted by molar-refractivity contribution is 0.275. The van der Waals surface area contributed by atoms with Crippen molar-refractivity contribution in [3.63, 3.8) is 0 Å². The van der Waals surface area contributed by atoms with E-state index >= 15 is 0 Å². The molecule has 18 heavy (non-hydrogen) atoms. The third-order valence-corrected chi connectivity index (χ3v) is 5.01. The van der Waals surface area contributed by atoms with Crippen molar-refractivity contribution in [1.82, 2.24) is 13.9 Å². The molecular formula is C10H21ClN4O2S. The van der Waals surface area contributed by atoms with E-state index in [1.165, 1.54) is 15.7 Å². The Balaban J connectivity index is 0.00000289. The van der Waals surface area contributed by atoms with Crippen LogP contribution in [0.2, 0.25) is 0 Å². The molecule has 8 heteroatoms. The van der Waals surface area contributed by atoms with Crippen LogP contribution in [0, 0.1) is 11.3 Å². The lowest BCUT2D eigenvalue weighted by Gasteiger charge is -2.34. The number of halogens is 1. The van der Waals surface area contributed by atoms with Crippen LogP contribution in [0.5, 0.6) is 0 Å². The number of piperidine rings is 1. The highest BCUT2D eigenvalue weighted by molar-refractivity contribution is 7.86. The molecule has 0 bridgehead atoms. The van der Waals surface area contributed by atoms with E-state index in [4.69, 9.17) is 5.26 Å². The highest BCUT2D eigenvalue weighted by atomic mass is 35.5. The van der Waals surface area contributed by atoms with Gasteiger partial charge in [0.05, 0.1) is 6.07 Å². The fourth-order valence-electron chi connectivity index (χ4n) is 1.91. The minimum atomic E-state index is -3.40. The number of nitrogens with zero attached hydrogens (tertiary/aromatic N) is 3. The molecule has 0 aliphatic carbocycles. The predicted molar refractivity (Wildman–Crippen MR) is 72.7 cm³/mol. The van der Waals surface area contributed by atoms with Crippen molar-refractivity contribution in [2.24, 2.45) is 0 Å². The zero-order valence-corrected chi connectivity index (χ0v) is 12.4. The molecule has 0 spiro atoms. The third-order valence-electron chi connectivity index (χ3n) is 3.05. The maximum atomic E-state index is 12.2. The Kier molecular flexibility index (Phi) is 7.75. The zero-order valence-electron chi connectivity index (χ0n) is 10.8. The summed E-state index contributed by atoms with van der Waals surface area (Å²) >= 11 is 0. The first-order chi connectivity index (χ1) is 8.02. The molecule has 0 amide bonds. The van der Waals surface area contributed by atoms with Crippen LogP contribution in [0.25, 0.3) is 0 Å². The maximum absolute atomic E-state index is 12.2. The summed E-state index contributed by atoms with van der Waals surface area (Å²) in [6, 6.07) is 2.18. The van der Waals surface area contributed by atoms with Crippen molar-refractivity contribution < 1.29 is 8.42 Å². The summed E-state index contributed by atoms with van der Waals surface area (Å²) in [7, 11) is -0.0309. The molecule has 1 aliphatic heterocycles. The van der Waals surface area contributed by atoms with Gasteiger partial charge in [-0.2, -0.15) is 22.3 Å². The van der Waals surface area contributed by atoms with E-state index in [9.17, 15) is 8.42 Å². The van der Waals surface area contributed by atoms with Crippen LogP contribution in [0.15, 0.2) is 0 Å². The van der Waals surface area contributed by atoms with Gasteiger partial charge in [-0.15, -0.1) is 12.4 Å². The van der Waals surface area contributed by atoms with Gasteiger partial charge >= 0.3 is 0 Å². The Bertz CT molecular complexity index is 382. The third kappa shape index (κ3) is 4.37. The number of rotatable bonds is 5. The smallest absolute Gasteiger partial charge is 0.281 e. The molecule has 1 atom stereocenters. The zero-order chi connectivity index (χ0) is 12.9. The van der Waals surface area contributed by atoms with Crippen LogP contribution >= 0.6 is 12.4 Å². The van der Waals surface area contributed by atoms with Gasteiger partial charge in [-0.05, 0) is 19.9 Å². The second kappa shape index (κ2) is 7.92. The van der Waals surface area contributed by atoms with Crippen molar-refractivity contribution in [3.8, 4) is 6.07 Å². The number of likely N-dealkylation sites (N-methyl/N-ethyl adjacent to an activating group) is 1. The van der Waals surface area contributed by atoms with Crippen molar-refractivity contribution in [2.45, 2.75) is 25.3 Å². The topological polar surface area (TPSA) is 76.4 Å². The van der Waals surface area contributed by atoms with E-state index in [2.05, 4.69) is 5.32 Å². The Morgan fingerprint density at radius 3 is 2.78 bits per heavy atom. The molecule has 1 rings (SSSR count). The minimum Gasteiger partial charge on any atom is -0.316 e. The molecule has 0 radical (unpaired) electrons.